The van der Waals surface area contributed by atoms with Crippen molar-refractivity contribution in [2.45, 2.75) is 20.0 Å². The Morgan fingerprint density at radius 1 is 1.25 bits per heavy atom. The van der Waals surface area contributed by atoms with Gasteiger partial charge in [-0.1, -0.05) is 12.1 Å². The third-order valence-corrected chi connectivity index (χ3v) is 2.74. The van der Waals surface area contributed by atoms with Crippen molar-refractivity contribution in [2.24, 2.45) is 5.84 Å². The number of hydrogen-bond acceptors (Lipinski definition) is 6. The molecule has 0 aliphatic heterocycles. The molecule has 0 saturated heterocycles. The van der Waals surface area contributed by atoms with Crippen LogP contribution in [0.2, 0.25) is 0 Å². The minimum absolute atomic E-state index is 0.145. The first kappa shape index (κ1) is 14.2. The topological polar surface area (TPSA) is 93.3 Å². The monoisotopic (exact) mass is 274 g/mol. The van der Waals surface area contributed by atoms with Gasteiger partial charge in [0.2, 0.25) is 0 Å². The number of hydrazine groups is 1. The van der Waals surface area contributed by atoms with Crippen molar-refractivity contribution in [3.8, 4) is 5.75 Å². The molecule has 0 aliphatic rings. The molecule has 0 atom stereocenters. The highest BCUT2D eigenvalue weighted by Crippen LogP contribution is 2.14. The van der Waals surface area contributed by atoms with Gasteiger partial charge in [-0.15, -0.1) is 0 Å². The van der Waals surface area contributed by atoms with Crippen molar-refractivity contribution < 1.29 is 9.84 Å². The minimum atomic E-state index is 0.145. The lowest BCUT2D eigenvalue weighted by molar-refractivity contribution is 0.294. The van der Waals surface area contributed by atoms with Crippen LogP contribution in [0, 0.1) is 6.92 Å². The first-order chi connectivity index (χ1) is 9.71. The second-order valence-electron chi connectivity index (χ2n) is 4.36. The average molecular weight is 274 g/mol. The number of benzene rings is 1. The molecule has 2 rings (SSSR count). The van der Waals surface area contributed by atoms with Crippen molar-refractivity contribution in [1.82, 2.24) is 9.97 Å². The second kappa shape index (κ2) is 6.83. The number of aliphatic hydroxyl groups excluding tert-OH is 1. The Kier molecular flexibility index (Phi) is 4.86. The highest BCUT2D eigenvalue weighted by molar-refractivity contribution is 5.34. The van der Waals surface area contributed by atoms with Gasteiger partial charge in [0, 0.05) is 18.4 Å². The van der Waals surface area contributed by atoms with Crippen LogP contribution >= 0.6 is 0 Å². The van der Waals surface area contributed by atoms with Crippen LogP contribution in [0.15, 0.2) is 30.3 Å². The second-order valence-corrected chi connectivity index (χ2v) is 4.36. The molecule has 0 unspecified atom stereocenters. The molecular weight excluding hydrogens is 256 g/mol. The summed E-state index contributed by atoms with van der Waals surface area (Å²) in [7, 11) is 0. The lowest BCUT2D eigenvalue weighted by Gasteiger charge is -2.08. The molecule has 0 radical (unpaired) electrons. The summed E-state index contributed by atoms with van der Waals surface area (Å²) in [5.74, 6) is 7.20. The molecule has 0 aliphatic carbocycles. The number of nitrogens with zero attached hydrogens (tertiary/aromatic N) is 2. The quantitative estimate of drug-likeness (QED) is 0.541. The van der Waals surface area contributed by atoms with E-state index in [1.54, 1.807) is 6.07 Å². The highest BCUT2D eigenvalue weighted by atomic mass is 16.5. The number of ether oxygens (including phenoxy) is 1. The molecule has 0 saturated carbocycles. The molecule has 1 aromatic carbocycles. The summed E-state index contributed by atoms with van der Waals surface area (Å²) in [5, 5.41) is 8.85. The van der Waals surface area contributed by atoms with Crippen LogP contribution in [0.3, 0.4) is 0 Å². The molecule has 0 fully saturated rings. The fraction of sp³-hybridized carbons (Fsp3) is 0.286. The molecule has 0 amide bonds. The lowest BCUT2D eigenvalue weighted by atomic mass is 10.1. The molecular formula is C14H18N4O2. The van der Waals surface area contributed by atoms with Crippen LogP contribution in [-0.4, -0.2) is 21.7 Å². The molecule has 2 aromatic rings. The Hall–Kier alpha value is -2.18. The van der Waals surface area contributed by atoms with Gasteiger partial charge in [-0.05, 0) is 31.0 Å². The van der Waals surface area contributed by atoms with E-state index in [2.05, 4.69) is 15.4 Å². The summed E-state index contributed by atoms with van der Waals surface area (Å²) < 4.78 is 5.62. The zero-order chi connectivity index (χ0) is 14.4. The van der Waals surface area contributed by atoms with E-state index in [9.17, 15) is 0 Å². The summed E-state index contributed by atoms with van der Waals surface area (Å²) >= 11 is 0. The number of nitrogens with one attached hydrogen (secondary N) is 1. The van der Waals surface area contributed by atoms with Crippen molar-refractivity contribution >= 4 is 5.82 Å². The largest absolute Gasteiger partial charge is 0.486 e. The SMILES string of the molecule is Cc1cc(NN)nc(COc2ccc(CCO)cc2)n1. The summed E-state index contributed by atoms with van der Waals surface area (Å²) in [6, 6.07) is 9.34. The van der Waals surface area contributed by atoms with Crippen molar-refractivity contribution in [3.05, 3.63) is 47.4 Å². The van der Waals surface area contributed by atoms with Gasteiger partial charge in [0.1, 0.15) is 18.2 Å². The number of anilines is 1. The number of aliphatic hydroxyl groups is 1. The van der Waals surface area contributed by atoms with Crippen LogP contribution in [-0.2, 0) is 13.0 Å². The lowest BCUT2D eigenvalue weighted by Crippen LogP contribution is -2.12. The standard InChI is InChI=1S/C14H18N4O2/c1-10-8-13(18-15)17-14(16-10)9-20-12-4-2-11(3-5-12)6-7-19/h2-5,8,19H,6-7,9,15H2,1H3,(H,16,17,18). The van der Waals surface area contributed by atoms with E-state index in [4.69, 9.17) is 15.7 Å². The third kappa shape index (κ3) is 3.91. The minimum Gasteiger partial charge on any atom is -0.486 e. The van der Waals surface area contributed by atoms with Gasteiger partial charge in [-0.25, -0.2) is 15.8 Å². The van der Waals surface area contributed by atoms with E-state index >= 15 is 0 Å². The van der Waals surface area contributed by atoms with Gasteiger partial charge < -0.3 is 15.3 Å². The maximum absolute atomic E-state index is 8.85. The molecule has 6 nitrogen and oxygen atoms in total. The van der Waals surface area contributed by atoms with Gasteiger partial charge in [-0.3, -0.25) is 0 Å². The van der Waals surface area contributed by atoms with Crippen LogP contribution in [0.5, 0.6) is 5.75 Å². The van der Waals surface area contributed by atoms with Gasteiger partial charge in [-0.2, -0.15) is 0 Å². The Bertz CT molecular complexity index is 558. The van der Waals surface area contributed by atoms with Crippen molar-refractivity contribution in [2.75, 3.05) is 12.0 Å². The fourth-order valence-corrected chi connectivity index (χ4v) is 1.80. The van der Waals surface area contributed by atoms with Gasteiger partial charge in [0.05, 0.1) is 0 Å². The zero-order valence-corrected chi connectivity index (χ0v) is 11.3. The average Bonchev–Trinajstić information content (AvgIpc) is 2.46. The molecule has 4 N–H and O–H groups in total. The van der Waals surface area contributed by atoms with Crippen molar-refractivity contribution in [1.29, 1.82) is 0 Å². The molecule has 1 aromatic heterocycles. The third-order valence-electron chi connectivity index (χ3n) is 2.74. The maximum atomic E-state index is 8.85. The Labute approximate surface area is 117 Å². The summed E-state index contributed by atoms with van der Waals surface area (Å²) in [4.78, 5) is 8.49. The predicted molar refractivity (Wildman–Crippen MR) is 76.1 cm³/mol. The summed E-state index contributed by atoms with van der Waals surface area (Å²) in [6.45, 7) is 2.29. The number of rotatable bonds is 6. The van der Waals surface area contributed by atoms with Gasteiger partial charge in [0.15, 0.2) is 5.82 Å². The first-order valence-electron chi connectivity index (χ1n) is 6.35. The summed E-state index contributed by atoms with van der Waals surface area (Å²) in [6.07, 6.45) is 0.646. The van der Waals surface area contributed by atoms with E-state index in [-0.39, 0.29) is 13.2 Å². The zero-order valence-electron chi connectivity index (χ0n) is 11.3. The van der Waals surface area contributed by atoms with Crippen LogP contribution in [0.4, 0.5) is 5.82 Å². The Morgan fingerprint density at radius 3 is 2.65 bits per heavy atom. The number of nitrogens with two attached hydrogens (primary N) is 1. The van der Waals surface area contributed by atoms with Crippen LogP contribution in [0.25, 0.3) is 0 Å². The van der Waals surface area contributed by atoms with E-state index in [1.807, 2.05) is 31.2 Å². The number of aromatic nitrogens is 2. The molecule has 0 bridgehead atoms. The normalized spacial score (nSPS) is 10.3. The smallest absolute Gasteiger partial charge is 0.168 e. The van der Waals surface area contributed by atoms with Gasteiger partial charge in [0.25, 0.3) is 0 Å². The highest BCUT2D eigenvalue weighted by Gasteiger charge is 2.03. The molecule has 6 heteroatoms. The van der Waals surface area contributed by atoms with E-state index in [1.165, 1.54) is 0 Å². The van der Waals surface area contributed by atoms with E-state index in [0.29, 0.717) is 18.1 Å². The summed E-state index contributed by atoms with van der Waals surface area (Å²) in [5.41, 5.74) is 4.39. The predicted octanol–water partition coefficient (Wildman–Crippen LogP) is 1.18. The van der Waals surface area contributed by atoms with Crippen molar-refractivity contribution in [3.63, 3.8) is 0 Å². The number of aryl methyl sites for hydroxylation is 1. The Morgan fingerprint density at radius 2 is 2.00 bits per heavy atom. The van der Waals surface area contributed by atoms with Gasteiger partial charge >= 0.3 is 0 Å². The van der Waals surface area contributed by atoms with Crippen LogP contribution < -0.4 is 16.0 Å². The van der Waals surface area contributed by atoms with Crippen LogP contribution in [0.1, 0.15) is 17.1 Å². The van der Waals surface area contributed by atoms with E-state index < -0.39 is 0 Å². The molecule has 0 spiro atoms. The molecule has 106 valence electrons. The molecule has 20 heavy (non-hydrogen) atoms. The maximum Gasteiger partial charge on any atom is 0.168 e. The fourth-order valence-electron chi connectivity index (χ4n) is 1.80. The Balaban J connectivity index is 1.99. The van der Waals surface area contributed by atoms with E-state index in [0.717, 1.165) is 17.0 Å². The first-order valence-corrected chi connectivity index (χ1v) is 6.35. The molecule has 1 heterocycles. The number of nitrogen functional groups attached to an aromatic ring is 1. The number of hydrogen-bond donors (Lipinski definition) is 3.